The van der Waals surface area contributed by atoms with Gasteiger partial charge in [0.15, 0.2) is 0 Å². The first-order chi connectivity index (χ1) is 9.63. The number of aliphatic carboxylic acids is 1. The monoisotopic (exact) mass is 337 g/mol. The summed E-state index contributed by atoms with van der Waals surface area (Å²) in [5.74, 6) is -1.23. The molecular weight excluding hydrogens is 323 g/mol. The predicted octanol–water partition coefficient (Wildman–Crippen LogP) is 1.32. The number of para-hydroxylation sites is 1. The van der Waals surface area contributed by atoms with Crippen LogP contribution in [0.25, 0.3) is 0 Å². The van der Waals surface area contributed by atoms with Gasteiger partial charge in [0.05, 0.1) is 16.3 Å². The molecule has 1 rings (SSSR count). The van der Waals surface area contributed by atoms with Gasteiger partial charge < -0.3 is 14.8 Å². The van der Waals surface area contributed by atoms with E-state index in [1.54, 1.807) is 26.2 Å². The van der Waals surface area contributed by atoms with Gasteiger partial charge in [0, 0.05) is 20.2 Å². The van der Waals surface area contributed by atoms with Crippen LogP contribution < -0.4 is 5.11 Å². The first kappa shape index (κ1) is 21.4. The Morgan fingerprint density at radius 3 is 1.95 bits per heavy atom. The maximum Gasteiger partial charge on any atom is 0.287 e. The van der Waals surface area contributed by atoms with Crippen LogP contribution in [-0.4, -0.2) is 41.7 Å². The molecule has 0 aromatic heterocycles. The maximum absolute atomic E-state index is 10.1. The number of nitro groups is 1. The first-order valence-electron chi connectivity index (χ1n) is 5.49. The fourth-order valence-corrected chi connectivity index (χ4v) is 0.805. The fourth-order valence-electron chi connectivity index (χ4n) is 0.600. The fraction of sp³-hybridized carbons (Fsp3) is 0.333. The lowest BCUT2D eigenvalue weighted by Crippen LogP contribution is -2.29. The van der Waals surface area contributed by atoms with E-state index in [-0.39, 0.29) is 10.7 Å². The Bertz CT molecular complexity index is 467. The third-order valence-electron chi connectivity index (χ3n) is 1.58. The van der Waals surface area contributed by atoms with Crippen LogP contribution in [0, 0.1) is 10.1 Å². The van der Waals surface area contributed by atoms with Gasteiger partial charge in [0.1, 0.15) is 5.02 Å². The van der Waals surface area contributed by atoms with E-state index in [4.69, 9.17) is 23.2 Å². The van der Waals surface area contributed by atoms with Crippen molar-refractivity contribution in [2.24, 2.45) is 0 Å². The molecule has 0 spiro atoms. The highest BCUT2D eigenvalue weighted by atomic mass is 35.5. The maximum atomic E-state index is 10.1. The van der Waals surface area contributed by atoms with Crippen molar-refractivity contribution in [3.05, 3.63) is 39.4 Å². The zero-order chi connectivity index (χ0) is 17.0. The van der Waals surface area contributed by atoms with Gasteiger partial charge in [-0.15, -0.1) is 11.6 Å². The third-order valence-corrected chi connectivity index (χ3v) is 2.08. The number of nitro benzene ring substituents is 1. The minimum atomic E-state index is -1.23. The van der Waals surface area contributed by atoms with Crippen LogP contribution in [-0.2, 0) is 9.59 Å². The molecular formula is C12H15Cl2N2O5-. The van der Waals surface area contributed by atoms with Crippen molar-refractivity contribution >= 4 is 41.3 Å². The number of carbonyl (C=O) groups excluding carboxylic acids is 2. The standard InChI is InChI=1S/C6H4ClNO2.C3H5ClO2.C3H7NO/c7-5-3-1-2-4-6(5)8(9)10;1-2(4)3(5)6;1-4(2)3-5/h1-4H;2H,1H3,(H,5,6);3H,1-2H3/p-1. The number of halogens is 2. The van der Waals surface area contributed by atoms with Gasteiger partial charge in [0.25, 0.3) is 5.69 Å². The van der Waals surface area contributed by atoms with Crippen LogP contribution >= 0.6 is 23.2 Å². The van der Waals surface area contributed by atoms with Gasteiger partial charge in [-0.25, -0.2) is 0 Å². The molecule has 118 valence electrons. The van der Waals surface area contributed by atoms with Crippen LogP contribution in [0.5, 0.6) is 0 Å². The van der Waals surface area contributed by atoms with Crippen molar-refractivity contribution in [2.75, 3.05) is 14.1 Å². The van der Waals surface area contributed by atoms with Crippen molar-refractivity contribution < 1.29 is 19.6 Å². The first-order valence-corrected chi connectivity index (χ1v) is 6.30. The van der Waals surface area contributed by atoms with Crippen molar-refractivity contribution in [2.45, 2.75) is 12.3 Å². The number of hydrogen-bond donors (Lipinski definition) is 0. The van der Waals surface area contributed by atoms with E-state index in [0.717, 1.165) is 6.41 Å². The van der Waals surface area contributed by atoms with E-state index in [1.165, 1.54) is 24.0 Å². The van der Waals surface area contributed by atoms with Gasteiger partial charge >= 0.3 is 0 Å². The topological polar surface area (TPSA) is 104 Å². The molecule has 1 atom stereocenters. The Labute approximate surface area is 132 Å². The number of carboxylic acid groups (broad SMARTS) is 1. The number of nitrogens with zero attached hydrogens (tertiary/aromatic N) is 2. The summed E-state index contributed by atoms with van der Waals surface area (Å²) in [5, 5.41) is 18.9. The second-order valence-corrected chi connectivity index (χ2v) is 4.77. The van der Waals surface area contributed by atoms with Gasteiger partial charge in [-0.05, 0) is 13.0 Å². The van der Waals surface area contributed by atoms with Crippen LogP contribution in [0.2, 0.25) is 5.02 Å². The third kappa shape index (κ3) is 12.9. The van der Waals surface area contributed by atoms with Crippen molar-refractivity contribution in [1.82, 2.24) is 4.90 Å². The van der Waals surface area contributed by atoms with E-state index in [0.29, 0.717) is 0 Å². The summed E-state index contributed by atoms with van der Waals surface area (Å²) < 4.78 is 0. The quantitative estimate of drug-likeness (QED) is 0.358. The lowest BCUT2D eigenvalue weighted by atomic mass is 10.3. The number of amides is 1. The summed E-state index contributed by atoms with van der Waals surface area (Å²) in [4.78, 5) is 30.0. The number of rotatable bonds is 3. The predicted molar refractivity (Wildman–Crippen MR) is 78.2 cm³/mol. The molecule has 0 bridgehead atoms. The number of hydrogen-bond acceptors (Lipinski definition) is 5. The van der Waals surface area contributed by atoms with Crippen LogP contribution in [0.15, 0.2) is 24.3 Å². The number of alkyl halides is 1. The summed E-state index contributed by atoms with van der Waals surface area (Å²) in [6, 6.07) is 6.07. The average molecular weight is 338 g/mol. The van der Waals surface area contributed by atoms with E-state index in [2.05, 4.69) is 0 Å². The van der Waals surface area contributed by atoms with E-state index in [9.17, 15) is 24.8 Å². The number of carboxylic acids is 1. The lowest BCUT2D eigenvalue weighted by Gasteiger charge is -1.98. The lowest BCUT2D eigenvalue weighted by molar-refractivity contribution is -0.384. The second kappa shape index (κ2) is 11.9. The molecule has 0 N–H and O–H groups in total. The van der Waals surface area contributed by atoms with Crippen molar-refractivity contribution in [3.63, 3.8) is 0 Å². The molecule has 1 aromatic rings. The van der Waals surface area contributed by atoms with Crippen LogP contribution in [0.4, 0.5) is 5.69 Å². The molecule has 0 aliphatic carbocycles. The molecule has 0 aliphatic rings. The molecule has 21 heavy (non-hydrogen) atoms. The highest BCUT2D eigenvalue weighted by molar-refractivity contribution is 6.32. The van der Waals surface area contributed by atoms with Crippen molar-refractivity contribution in [1.29, 1.82) is 0 Å². The smallest absolute Gasteiger partial charge is 0.287 e. The Morgan fingerprint density at radius 2 is 1.76 bits per heavy atom. The molecule has 9 heteroatoms. The Balaban J connectivity index is 0. The van der Waals surface area contributed by atoms with Gasteiger partial charge in [0.2, 0.25) is 6.41 Å². The summed E-state index contributed by atoms with van der Waals surface area (Å²) >= 11 is 10.4. The zero-order valence-electron chi connectivity index (χ0n) is 11.7. The van der Waals surface area contributed by atoms with Gasteiger partial charge in [-0.3, -0.25) is 14.9 Å². The van der Waals surface area contributed by atoms with E-state index < -0.39 is 16.3 Å². The molecule has 0 saturated carbocycles. The molecule has 7 nitrogen and oxygen atoms in total. The second-order valence-electron chi connectivity index (χ2n) is 3.71. The highest BCUT2D eigenvalue weighted by Gasteiger charge is 2.08. The number of benzene rings is 1. The largest absolute Gasteiger partial charge is 0.549 e. The van der Waals surface area contributed by atoms with E-state index in [1.807, 2.05) is 0 Å². The SMILES string of the molecule is CC(Cl)C(=O)[O-].CN(C)C=O.O=[N+]([O-])c1ccccc1Cl. The molecule has 0 radical (unpaired) electrons. The molecule has 1 unspecified atom stereocenters. The average Bonchev–Trinajstić information content (AvgIpc) is 2.40. The Morgan fingerprint density at radius 1 is 1.38 bits per heavy atom. The number of carbonyl (C=O) groups is 2. The van der Waals surface area contributed by atoms with Crippen molar-refractivity contribution in [3.8, 4) is 0 Å². The van der Waals surface area contributed by atoms with Crippen LogP contribution in [0.3, 0.4) is 0 Å². The summed E-state index contributed by atoms with van der Waals surface area (Å²) in [7, 11) is 3.38. The summed E-state index contributed by atoms with van der Waals surface area (Å²) in [5.41, 5.74) is -0.0517. The molecule has 0 fully saturated rings. The highest BCUT2D eigenvalue weighted by Crippen LogP contribution is 2.21. The van der Waals surface area contributed by atoms with Gasteiger partial charge in [-0.1, -0.05) is 23.7 Å². The minimum Gasteiger partial charge on any atom is -0.549 e. The molecule has 1 aromatic carbocycles. The summed E-state index contributed by atoms with van der Waals surface area (Å²) in [6.07, 6.45) is 0.750. The van der Waals surface area contributed by atoms with Crippen LogP contribution in [0.1, 0.15) is 6.92 Å². The Hall–Kier alpha value is -1.86. The normalized spacial score (nSPS) is 9.95. The zero-order valence-corrected chi connectivity index (χ0v) is 13.2. The molecule has 0 saturated heterocycles. The van der Waals surface area contributed by atoms with Gasteiger partial charge in [-0.2, -0.15) is 0 Å². The molecule has 1 amide bonds. The molecule has 0 aliphatic heterocycles. The summed E-state index contributed by atoms with van der Waals surface area (Å²) in [6.45, 7) is 1.34. The van der Waals surface area contributed by atoms with E-state index >= 15 is 0 Å². The molecule has 0 heterocycles. The minimum absolute atomic E-state index is 0.0517. The Kier molecular flexibility index (Phi) is 12.2.